The van der Waals surface area contributed by atoms with Gasteiger partial charge in [0, 0.05) is 19.2 Å². The van der Waals surface area contributed by atoms with E-state index in [0.717, 1.165) is 37.7 Å². The molecule has 0 aliphatic rings. The molecule has 0 aromatic heterocycles. The van der Waals surface area contributed by atoms with E-state index in [1.54, 1.807) is 6.07 Å². The normalized spacial score (nSPS) is 11.3. The Hall–Kier alpha value is -3.92. The van der Waals surface area contributed by atoms with E-state index < -0.39 is 11.9 Å². The van der Waals surface area contributed by atoms with E-state index in [2.05, 4.69) is 24.3 Å². The van der Waals surface area contributed by atoms with Gasteiger partial charge in [0.2, 0.25) is 0 Å². The van der Waals surface area contributed by atoms with Gasteiger partial charge >= 0.3 is 11.9 Å². The second-order valence-corrected chi connectivity index (χ2v) is 7.25. The fraction of sp³-hybridized carbons (Fsp3) is 0.0769. The van der Waals surface area contributed by atoms with E-state index in [4.69, 9.17) is 9.47 Å². The Morgan fingerprint density at radius 2 is 0.967 bits per heavy atom. The van der Waals surface area contributed by atoms with Crippen molar-refractivity contribution < 1.29 is 19.1 Å². The highest BCUT2D eigenvalue weighted by atomic mass is 16.6. The fourth-order valence-corrected chi connectivity index (χ4v) is 4.25. The molecule has 0 bridgehead atoms. The van der Waals surface area contributed by atoms with Crippen molar-refractivity contribution >= 4 is 55.0 Å². The topological polar surface area (TPSA) is 52.6 Å². The van der Waals surface area contributed by atoms with E-state index in [1.807, 2.05) is 42.5 Å². The zero-order valence-electron chi connectivity index (χ0n) is 16.6. The van der Waals surface area contributed by atoms with Crippen molar-refractivity contribution in [3.63, 3.8) is 0 Å². The molecule has 0 spiro atoms. The van der Waals surface area contributed by atoms with Crippen LogP contribution in [0.3, 0.4) is 0 Å². The molecule has 0 saturated heterocycles. The number of hydrogen-bond acceptors (Lipinski definition) is 4. The van der Waals surface area contributed by atoms with Gasteiger partial charge < -0.3 is 9.47 Å². The van der Waals surface area contributed by atoms with Gasteiger partial charge in [-0.05, 0) is 55.9 Å². The maximum atomic E-state index is 11.8. The van der Waals surface area contributed by atoms with Crippen molar-refractivity contribution in [3.05, 3.63) is 72.8 Å². The summed E-state index contributed by atoms with van der Waals surface area (Å²) in [5.74, 6) is -0.455. The van der Waals surface area contributed by atoms with Gasteiger partial charge in [-0.25, -0.2) is 0 Å². The van der Waals surface area contributed by atoms with Gasteiger partial charge in [0.15, 0.2) is 11.5 Å². The van der Waals surface area contributed by atoms with Gasteiger partial charge in [-0.1, -0.05) is 54.6 Å². The minimum atomic E-state index is -0.473. The third-order valence-electron chi connectivity index (χ3n) is 5.32. The first-order chi connectivity index (χ1) is 14.5. The molecule has 0 radical (unpaired) electrons. The van der Waals surface area contributed by atoms with Crippen molar-refractivity contribution in [3.8, 4) is 11.5 Å². The zero-order chi connectivity index (χ0) is 20.8. The predicted octanol–water partition coefficient (Wildman–Crippen LogP) is 6.15. The first-order valence-electron chi connectivity index (χ1n) is 9.70. The smallest absolute Gasteiger partial charge is 0.308 e. The molecule has 0 unspecified atom stereocenters. The van der Waals surface area contributed by atoms with Crippen LogP contribution in [0.1, 0.15) is 13.8 Å². The van der Waals surface area contributed by atoms with Gasteiger partial charge in [0.05, 0.1) is 0 Å². The Morgan fingerprint density at radius 1 is 0.533 bits per heavy atom. The molecule has 0 N–H and O–H groups in total. The molecular formula is C26H18O4. The average molecular weight is 394 g/mol. The third kappa shape index (κ3) is 2.77. The summed E-state index contributed by atoms with van der Waals surface area (Å²) in [7, 11) is 0. The summed E-state index contributed by atoms with van der Waals surface area (Å²) in [5, 5.41) is 8.47. The summed E-state index contributed by atoms with van der Waals surface area (Å²) < 4.78 is 10.8. The number of carbonyl (C=O) groups is 2. The summed E-state index contributed by atoms with van der Waals surface area (Å²) in [5.41, 5.74) is 0. The Balaban J connectivity index is 1.99. The third-order valence-corrected chi connectivity index (χ3v) is 5.32. The van der Waals surface area contributed by atoms with Crippen molar-refractivity contribution in [2.75, 3.05) is 0 Å². The number of ether oxygens (including phenoxy) is 2. The van der Waals surface area contributed by atoms with Crippen molar-refractivity contribution in [2.24, 2.45) is 0 Å². The second-order valence-electron chi connectivity index (χ2n) is 7.25. The largest absolute Gasteiger partial charge is 0.423 e. The molecule has 0 aliphatic carbocycles. The molecule has 4 heteroatoms. The lowest BCUT2D eigenvalue weighted by Gasteiger charge is -2.16. The van der Waals surface area contributed by atoms with Crippen LogP contribution in [-0.2, 0) is 9.59 Å². The molecule has 0 heterocycles. The van der Waals surface area contributed by atoms with Crippen LogP contribution in [0, 0.1) is 0 Å². The minimum absolute atomic E-state index is 0.231. The van der Waals surface area contributed by atoms with Crippen molar-refractivity contribution in [1.82, 2.24) is 0 Å². The Labute approximate surface area is 172 Å². The van der Waals surface area contributed by atoms with Crippen molar-refractivity contribution in [1.29, 1.82) is 0 Å². The van der Waals surface area contributed by atoms with Gasteiger partial charge in [0.25, 0.3) is 0 Å². The van der Waals surface area contributed by atoms with Crippen LogP contribution in [0.15, 0.2) is 72.8 Å². The molecule has 0 fully saturated rings. The van der Waals surface area contributed by atoms with Crippen LogP contribution in [0.25, 0.3) is 43.1 Å². The summed E-state index contributed by atoms with van der Waals surface area (Å²) >= 11 is 0. The Bertz CT molecular complexity index is 1460. The lowest BCUT2D eigenvalue weighted by Crippen LogP contribution is -2.07. The summed E-state index contributed by atoms with van der Waals surface area (Å²) in [6.07, 6.45) is 0. The number of esters is 2. The SMILES string of the molecule is CC(=O)Oc1ccc2c(ccc3c4ccccc4c4ccccc4c23)c1OC(C)=O. The number of benzene rings is 5. The van der Waals surface area contributed by atoms with Gasteiger partial charge in [-0.15, -0.1) is 0 Å². The highest BCUT2D eigenvalue weighted by Crippen LogP contribution is 2.43. The van der Waals surface area contributed by atoms with Crippen LogP contribution in [0.2, 0.25) is 0 Å². The molecule has 146 valence electrons. The lowest BCUT2D eigenvalue weighted by molar-refractivity contribution is -0.134. The summed E-state index contributed by atoms with van der Waals surface area (Å²) in [4.78, 5) is 23.3. The highest BCUT2D eigenvalue weighted by Gasteiger charge is 2.18. The summed E-state index contributed by atoms with van der Waals surface area (Å²) in [6, 6.07) is 24.2. The monoisotopic (exact) mass is 394 g/mol. The zero-order valence-corrected chi connectivity index (χ0v) is 16.6. The van der Waals surface area contributed by atoms with E-state index in [1.165, 1.54) is 19.2 Å². The molecule has 5 rings (SSSR count). The van der Waals surface area contributed by atoms with E-state index in [9.17, 15) is 9.59 Å². The van der Waals surface area contributed by atoms with Crippen LogP contribution in [0.4, 0.5) is 0 Å². The Kier molecular flexibility index (Phi) is 4.14. The molecular weight excluding hydrogens is 376 g/mol. The average Bonchev–Trinajstić information content (AvgIpc) is 2.74. The molecule has 0 aliphatic heterocycles. The highest BCUT2D eigenvalue weighted by molar-refractivity contribution is 6.31. The van der Waals surface area contributed by atoms with Gasteiger partial charge in [-0.3, -0.25) is 9.59 Å². The number of fused-ring (bicyclic) bond motifs is 8. The van der Waals surface area contributed by atoms with E-state index in [-0.39, 0.29) is 11.5 Å². The van der Waals surface area contributed by atoms with Crippen LogP contribution >= 0.6 is 0 Å². The molecule has 0 atom stereocenters. The molecule has 4 nitrogen and oxygen atoms in total. The quantitative estimate of drug-likeness (QED) is 0.205. The molecule has 5 aromatic rings. The molecule has 30 heavy (non-hydrogen) atoms. The fourth-order valence-electron chi connectivity index (χ4n) is 4.25. The summed E-state index contributed by atoms with van der Waals surface area (Å²) in [6.45, 7) is 2.65. The van der Waals surface area contributed by atoms with Crippen LogP contribution < -0.4 is 9.47 Å². The van der Waals surface area contributed by atoms with Crippen LogP contribution in [0.5, 0.6) is 11.5 Å². The molecule has 0 saturated carbocycles. The first kappa shape index (κ1) is 18.1. The lowest BCUT2D eigenvalue weighted by atomic mass is 9.91. The maximum absolute atomic E-state index is 11.8. The van der Waals surface area contributed by atoms with Crippen LogP contribution in [-0.4, -0.2) is 11.9 Å². The standard InChI is InChI=1S/C26H18O4/c1-15(27)29-24-14-13-22-23(26(24)30-16(2)28)12-11-21-19-9-4-3-7-17(19)18-8-5-6-10-20(18)25(21)22/h3-14H,1-2H3. The number of rotatable bonds is 2. The van der Waals surface area contributed by atoms with E-state index in [0.29, 0.717) is 0 Å². The van der Waals surface area contributed by atoms with Gasteiger partial charge in [-0.2, -0.15) is 0 Å². The molecule has 0 amide bonds. The van der Waals surface area contributed by atoms with Gasteiger partial charge in [0.1, 0.15) is 0 Å². The number of hydrogen-bond donors (Lipinski definition) is 0. The maximum Gasteiger partial charge on any atom is 0.308 e. The number of carbonyl (C=O) groups excluding carboxylic acids is 2. The second kappa shape index (κ2) is 6.85. The Morgan fingerprint density at radius 3 is 1.57 bits per heavy atom. The first-order valence-corrected chi connectivity index (χ1v) is 9.70. The van der Waals surface area contributed by atoms with Crippen molar-refractivity contribution in [2.45, 2.75) is 13.8 Å². The molecule has 5 aromatic carbocycles. The minimum Gasteiger partial charge on any atom is -0.423 e. The predicted molar refractivity (Wildman–Crippen MR) is 119 cm³/mol. The van der Waals surface area contributed by atoms with E-state index >= 15 is 0 Å².